The maximum atomic E-state index is 11.4. The van der Waals surface area contributed by atoms with Crippen LogP contribution in [-0.2, 0) is 4.74 Å². The van der Waals surface area contributed by atoms with Crippen LogP contribution in [0.15, 0.2) is 28.1 Å². The summed E-state index contributed by atoms with van der Waals surface area (Å²) in [7, 11) is 0. The van der Waals surface area contributed by atoms with E-state index in [0.29, 0.717) is 32.3 Å². The molecule has 6 heterocycles. The summed E-state index contributed by atoms with van der Waals surface area (Å²) in [5.41, 5.74) is 3.54. The molecule has 1 amide bonds. The molecule has 0 saturated carbocycles. The van der Waals surface area contributed by atoms with Crippen LogP contribution in [0.25, 0.3) is 21.7 Å². The predicted molar refractivity (Wildman–Crippen MR) is 112 cm³/mol. The number of ether oxygens (including phenoxy) is 1. The molecule has 4 saturated heterocycles. The Labute approximate surface area is 176 Å². The summed E-state index contributed by atoms with van der Waals surface area (Å²) in [6, 6.07) is 4.72. The summed E-state index contributed by atoms with van der Waals surface area (Å²) < 4.78 is 11.8. The number of nitrogens with zero attached hydrogens (tertiary/aromatic N) is 5. The number of hydrogen-bond acceptors (Lipinski definition) is 8. The number of piperidine rings is 1. The third-order valence-electron chi connectivity index (χ3n) is 6.21. The van der Waals surface area contributed by atoms with Crippen molar-refractivity contribution in [2.45, 2.75) is 18.5 Å². The zero-order valence-corrected chi connectivity index (χ0v) is 17.0. The highest BCUT2D eigenvalue weighted by atomic mass is 32.1. The van der Waals surface area contributed by atoms with E-state index >= 15 is 0 Å². The monoisotopic (exact) mass is 427 g/mol. The zero-order chi connectivity index (χ0) is 20.2. The minimum atomic E-state index is -0.839. The van der Waals surface area contributed by atoms with E-state index in [9.17, 15) is 9.90 Å². The lowest BCUT2D eigenvalue weighted by atomic mass is 9.88. The van der Waals surface area contributed by atoms with Crippen LogP contribution in [0.2, 0.25) is 0 Å². The van der Waals surface area contributed by atoms with Crippen LogP contribution in [0.5, 0.6) is 0 Å². The lowest BCUT2D eigenvalue weighted by Crippen LogP contribution is -2.70. The molecule has 10 heteroatoms. The lowest BCUT2D eigenvalue weighted by molar-refractivity contribution is 0.0101. The number of carboxylic acid groups (broad SMARTS) is 1. The van der Waals surface area contributed by atoms with E-state index in [4.69, 9.17) is 14.1 Å². The van der Waals surface area contributed by atoms with Crippen molar-refractivity contribution in [2.24, 2.45) is 0 Å². The third-order valence-corrected chi connectivity index (χ3v) is 7.02. The number of morpholine rings is 1. The maximum Gasteiger partial charge on any atom is 0.407 e. The number of carbonyl (C=O) groups is 1. The fourth-order valence-electron chi connectivity index (χ4n) is 4.78. The molecule has 2 atom stereocenters. The van der Waals surface area contributed by atoms with Crippen molar-refractivity contribution in [2.75, 3.05) is 49.2 Å². The van der Waals surface area contributed by atoms with Gasteiger partial charge in [0.1, 0.15) is 10.5 Å². The van der Waals surface area contributed by atoms with Gasteiger partial charge in [-0.15, -0.1) is 11.3 Å². The van der Waals surface area contributed by atoms with Crippen LogP contribution in [0.4, 0.5) is 16.5 Å². The van der Waals surface area contributed by atoms with E-state index in [2.05, 4.69) is 26.9 Å². The highest BCUT2D eigenvalue weighted by Crippen LogP contribution is 2.40. The molecule has 0 spiro atoms. The first-order valence-electron chi connectivity index (χ1n) is 10.1. The Bertz CT molecular complexity index is 1080. The first-order valence-corrected chi connectivity index (χ1v) is 11.0. The molecule has 9 nitrogen and oxygen atoms in total. The van der Waals surface area contributed by atoms with E-state index in [-0.39, 0.29) is 12.1 Å². The molecule has 4 fully saturated rings. The van der Waals surface area contributed by atoms with E-state index in [0.717, 1.165) is 46.9 Å². The Kier molecular flexibility index (Phi) is 4.10. The van der Waals surface area contributed by atoms with Crippen molar-refractivity contribution in [3.63, 3.8) is 0 Å². The van der Waals surface area contributed by atoms with Gasteiger partial charge in [-0.1, -0.05) is 0 Å². The average Bonchev–Trinajstić information content (AvgIpc) is 3.44. The standard InChI is InChI=1S/C20H21N5O4S/c26-20(27)25-12-9-13(25)11-24(10-12)19-22-16-15(23-4-6-28-7-5-23)2-1-14(17(16)29-19)18-21-3-8-30-18/h1-3,8,12-13H,4-7,9-11H2,(H,26,27). The van der Waals surface area contributed by atoms with Gasteiger partial charge in [-0.05, 0) is 18.6 Å². The summed E-state index contributed by atoms with van der Waals surface area (Å²) >= 11 is 1.57. The van der Waals surface area contributed by atoms with E-state index in [1.165, 1.54) is 0 Å². The second kappa shape index (κ2) is 6.85. The molecule has 1 aromatic carbocycles. The molecule has 2 bridgehead atoms. The molecule has 3 aromatic rings. The van der Waals surface area contributed by atoms with Crippen LogP contribution < -0.4 is 9.80 Å². The molecule has 1 N–H and O–H groups in total. The van der Waals surface area contributed by atoms with Gasteiger partial charge in [0.2, 0.25) is 0 Å². The highest BCUT2D eigenvalue weighted by molar-refractivity contribution is 7.13. The Morgan fingerprint density at radius 1 is 1.17 bits per heavy atom. The van der Waals surface area contributed by atoms with Crippen LogP contribution >= 0.6 is 11.3 Å². The summed E-state index contributed by atoms with van der Waals surface area (Å²) in [6.45, 7) is 4.23. The largest absolute Gasteiger partial charge is 0.465 e. The molecule has 0 aliphatic carbocycles. The molecule has 2 unspecified atom stereocenters. The summed E-state index contributed by atoms with van der Waals surface area (Å²) in [5, 5.41) is 12.2. The number of rotatable bonds is 3. The van der Waals surface area contributed by atoms with Gasteiger partial charge in [-0.2, -0.15) is 4.98 Å². The lowest BCUT2D eigenvalue weighted by Gasteiger charge is -2.54. The maximum absolute atomic E-state index is 11.4. The second-order valence-corrected chi connectivity index (χ2v) is 8.78. The van der Waals surface area contributed by atoms with Gasteiger partial charge < -0.3 is 24.1 Å². The number of thiazole rings is 1. The highest BCUT2D eigenvalue weighted by Gasteiger charge is 2.48. The molecule has 2 aromatic heterocycles. The zero-order valence-electron chi connectivity index (χ0n) is 16.2. The molecule has 30 heavy (non-hydrogen) atoms. The number of hydrogen-bond donors (Lipinski definition) is 1. The molecule has 7 rings (SSSR count). The number of anilines is 2. The minimum Gasteiger partial charge on any atom is -0.465 e. The first-order chi connectivity index (χ1) is 14.7. The van der Waals surface area contributed by atoms with Gasteiger partial charge in [0.25, 0.3) is 6.01 Å². The van der Waals surface area contributed by atoms with Crippen molar-refractivity contribution in [3.8, 4) is 10.6 Å². The van der Waals surface area contributed by atoms with E-state index in [1.807, 2.05) is 5.38 Å². The van der Waals surface area contributed by atoms with Crippen molar-refractivity contribution in [1.82, 2.24) is 14.9 Å². The minimum absolute atomic E-state index is 0.00779. The Balaban J connectivity index is 1.41. The fraction of sp³-hybridized carbons (Fsp3) is 0.450. The van der Waals surface area contributed by atoms with Gasteiger partial charge >= 0.3 is 6.09 Å². The van der Waals surface area contributed by atoms with Crippen LogP contribution in [-0.4, -0.2) is 77.5 Å². The number of piperazine rings is 1. The smallest absolute Gasteiger partial charge is 0.407 e. The Morgan fingerprint density at radius 2 is 1.97 bits per heavy atom. The first kappa shape index (κ1) is 18.0. The summed E-state index contributed by atoms with van der Waals surface area (Å²) in [4.78, 5) is 26.7. The van der Waals surface area contributed by atoms with Gasteiger partial charge in [-0.3, -0.25) is 4.90 Å². The predicted octanol–water partition coefficient (Wildman–Crippen LogP) is 2.73. The van der Waals surface area contributed by atoms with Gasteiger partial charge in [0.15, 0.2) is 5.58 Å². The van der Waals surface area contributed by atoms with E-state index < -0.39 is 6.09 Å². The fourth-order valence-corrected chi connectivity index (χ4v) is 5.44. The van der Waals surface area contributed by atoms with Crippen molar-refractivity contribution >= 4 is 40.2 Å². The molecule has 156 valence electrons. The van der Waals surface area contributed by atoms with Crippen molar-refractivity contribution < 1.29 is 19.1 Å². The van der Waals surface area contributed by atoms with Crippen molar-refractivity contribution in [3.05, 3.63) is 23.7 Å². The third kappa shape index (κ3) is 2.74. The second-order valence-electron chi connectivity index (χ2n) is 7.88. The van der Waals surface area contributed by atoms with Gasteiger partial charge in [0, 0.05) is 37.8 Å². The topological polar surface area (TPSA) is 95.2 Å². The van der Waals surface area contributed by atoms with Crippen LogP contribution in [0.1, 0.15) is 6.42 Å². The Hall–Kier alpha value is -2.85. The number of aromatic nitrogens is 2. The summed E-state index contributed by atoms with van der Waals surface area (Å²) in [5.74, 6) is 0. The SMILES string of the molecule is O=C(O)N1C2CC1CN(c1nc3c(N4CCOCC4)ccc(-c4nccs4)c3o1)C2. The number of amides is 1. The molecule has 4 aliphatic heterocycles. The van der Waals surface area contributed by atoms with Crippen molar-refractivity contribution in [1.29, 1.82) is 0 Å². The van der Waals surface area contributed by atoms with E-state index in [1.54, 1.807) is 22.4 Å². The molecular weight excluding hydrogens is 406 g/mol. The number of fused-ring (bicyclic) bond motifs is 3. The average molecular weight is 427 g/mol. The number of benzene rings is 1. The van der Waals surface area contributed by atoms with Gasteiger partial charge in [0.05, 0.1) is 36.5 Å². The van der Waals surface area contributed by atoms with Gasteiger partial charge in [-0.25, -0.2) is 9.78 Å². The number of oxazole rings is 1. The molecule has 4 aliphatic rings. The Morgan fingerprint density at radius 3 is 2.67 bits per heavy atom. The van der Waals surface area contributed by atoms with Crippen LogP contribution in [0.3, 0.4) is 0 Å². The normalized spacial score (nSPS) is 23.7. The molecule has 0 radical (unpaired) electrons. The molecular formula is C20H21N5O4S. The quantitative estimate of drug-likeness (QED) is 0.682. The summed E-state index contributed by atoms with van der Waals surface area (Å²) in [6.07, 6.45) is 1.86. The van der Waals surface area contributed by atoms with Crippen LogP contribution in [0, 0.1) is 0 Å².